The van der Waals surface area contributed by atoms with Gasteiger partial charge in [0.25, 0.3) is 0 Å². The number of hydrogen-bond donors (Lipinski definition) is 14. The Morgan fingerprint density at radius 2 is 1.10 bits per heavy atom. The first-order valence-corrected chi connectivity index (χ1v) is 27.1. The van der Waals surface area contributed by atoms with Gasteiger partial charge in [0.2, 0.25) is 0 Å². The SMILES string of the molecule is COc1ccc(OC)c(C2CC3C4CC=C5CC(OC6O[C@H](CO)[C@@H](O[C@@H]7O[C@H](CO)C(O)[C@H](O)[C@H]7O)[C@H](O)[C@H]6O)CCC5(C)C4CCC3(C)C2C(C)OC2O[C@H](CO)[C@@H](O[C@@H]3O[C@H](CO)[C@H](O)[C@H](O)[C@H]3O)[C@H](O)[C@H]2O)c1. The van der Waals surface area contributed by atoms with E-state index in [1.54, 1.807) is 14.2 Å². The molecule has 29 atom stereocenters. The fourth-order valence-corrected chi connectivity index (χ4v) is 15.0. The van der Waals surface area contributed by atoms with Gasteiger partial charge in [0.1, 0.15) is 109 Å². The minimum atomic E-state index is -1.81. The maximum atomic E-state index is 11.7. The van der Waals surface area contributed by atoms with Gasteiger partial charge < -0.3 is 119 Å². The molecule has 8 aliphatic rings. The Labute approximate surface area is 446 Å². The summed E-state index contributed by atoms with van der Waals surface area (Å²) in [5, 5.41) is 149. The second-order valence-electron chi connectivity index (χ2n) is 23.1. The standard InChI is InChI=1S/C53H82O24/c1-21(70-48-44(66)40(62)46(33(19-56)74-48)76-50-42(64)38(60)36(58)31(17-54)72-50)35-27(26-15-23(68-4)7-9-30(26)69-5)16-29-25-8-6-22-14-24(10-12-52(22,2)28(25)11-13-53(29,35)3)71-49-45(67)41(63)47(34(20-57)75-49)77-51-43(65)39(61)37(59)32(18-55)73-51/h6-7,9,15,21,24-25,27-29,31-51,54-67H,8,10-14,16-20H2,1-5H3/t21?,24?,25?,27?,28?,29?,31-,32-,33-,34-,35?,36+,37?,38+,39+,40-,41-,42-,43-,44-,45-,46-,47-,48?,49?,50+,51+,52?,53?/m1/s1. The number of benzene rings is 1. The molecule has 24 nitrogen and oxygen atoms in total. The lowest BCUT2D eigenvalue weighted by atomic mass is 9.47. The Morgan fingerprint density at radius 1 is 0.584 bits per heavy atom. The van der Waals surface area contributed by atoms with E-state index in [4.69, 9.17) is 47.4 Å². The normalized spacial score (nSPS) is 49.5. The van der Waals surface area contributed by atoms with Crippen LogP contribution in [0.15, 0.2) is 29.8 Å². The van der Waals surface area contributed by atoms with E-state index in [-0.39, 0.29) is 40.4 Å². The van der Waals surface area contributed by atoms with Crippen LogP contribution < -0.4 is 9.47 Å². The van der Waals surface area contributed by atoms with Gasteiger partial charge in [0.05, 0.1) is 52.9 Å². The number of aliphatic hydroxyl groups excluding tert-OH is 14. The molecule has 1 aromatic carbocycles. The average Bonchev–Trinajstić information content (AvgIpc) is 3.76. The Kier molecular flexibility index (Phi) is 18.4. The van der Waals surface area contributed by atoms with Crippen LogP contribution in [-0.4, -0.2) is 247 Å². The summed E-state index contributed by atoms with van der Waals surface area (Å²) in [6, 6.07) is 5.71. The van der Waals surface area contributed by atoms with Crippen molar-refractivity contribution in [2.45, 2.75) is 207 Å². The van der Waals surface area contributed by atoms with Gasteiger partial charge in [0, 0.05) is 5.56 Å². The van der Waals surface area contributed by atoms with Crippen molar-refractivity contribution in [1.29, 1.82) is 0 Å². The molecule has 9 rings (SSSR count). The van der Waals surface area contributed by atoms with E-state index in [1.165, 1.54) is 5.57 Å². The molecule has 0 aromatic heterocycles. The zero-order valence-corrected chi connectivity index (χ0v) is 44.0. The number of methoxy groups -OCH3 is 2. The molecule has 3 saturated carbocycles. The van der Waals surface area contributed by atoms with E-state index in [2.05, 4.69) is 19.9 Å². The van der Waals surface area contributed by atoms with E-state index in [0.717, 1.165) is 37.7 Å². The zero-order valence-electron chi connectivity index (χ0n) is 44.0. The minimum absolute atomic E-state index is 0.157. The first-order valence-electron chi connectivity index (χ1n) is 27.1. The van der Waals surface area contributed by atoms with Gasteiger partial charge in [-0.1, -0.05) is 25.5 Å². The predicted octanol–water partition coefficient (Wildman–Crippen LogP) is -2.99. The molecule has 12 unspecified atom stereocenters. The summed E-state index contributed by atoms with van der Waals surface area (Å²) in [4.78, 5) is 0. The van der Waals surface area contributed by atoms with Crippen LogP contribution in [0.4, 0.5) is 0 Å². The quantitative estimate of drug-likeness (QED) is 0.0734. The Morgan fingerprint density at radius 3 is 1.65 bits per heavy atom. The maximum absolute atomic E-state index is 11.7. The van der Waals surface area contributed by atoms with Crippen molar-refractivity contribution in [1.82, 2.24) is 0 Å². The van der Waals surface area contributed by atoms with Crippen molar-refractivity contribution >= 4 is 0 Å². The Balaban J connectivity index is 0.910. The lowest BCUT2D eigenvalue weighted by molar-refractivity contribution is -0.364. The van der Waals surface area contributed by atoms with Crippen LogP contribution in [0, 0.1) is 34.5 Å². The molecular formula is C53H82O24. The molecule has 14 N–H and O–H groups in total. The van der Waals surface area contributed by atoms with Gasteiger partial charge in [-0.2, -0.15) is 0 Å². The monoisotopic (exact) mass is 1100 g/mol. The summed E-state index contributed by atoms with van der Waals surface area (Å²) < 4.78 is 59.6. The highest BCUT2D eigenvalue weighted by Gasteiger charge is 2.64. The highest BCUT2D eigenvalue weighted by atomic mass is 16.8. The van der Waals surface area contributed by atoms with Crippen molar-refractivity contribution in [2.75, 3.05) is 40.6 Å². The van der Waals surface area contributed by atoms with Crippen LogP contribution in [0.3, 0.4) is 0 Å². The summed E-state index contributed by atoms with van der Waals surface area (Å²) in [7, 11) is 3.22. The smallest absolute Gasteiger partial charge is 0.187 e. The molecule has 4 saturated heterocycles. The van der Waals surface area contributed by atoms with Crippen LogP contribution in [0.1, 0.15) is 77.2 Å². The third-order valence-corrected chi connectivity index (χ3v) is 19.1. The molecule has 1 aromatic rings. The summed E-state index contributed by atoms with van der Waals surface area (Å²) in [6.45, 7) is 3.70. The molecule has 4 aliphatic heterocycles. The number of allylic oxidation sites excluding steroid dienone is 1. The van der Waals surface area contributed by atoms with E-state index in [1.807, 2.05) is 25.1 Å². The molecule has 0 amide bonds. The number of hydrogen-bond acceptors (Lipinski definition) is 24. The minimum Gasteiger partial charge on any atom is -0.497 e. The molecule has 0 radical (unpaired) electrons. The number of ether oxygens (including phenoxy) is 10. The van der Waals surface area contributed by atoms with E-state index in [9.17, 15) is 71.5 Å². The summed E-state index contributed by atoms with van der Waals surface area (Å²) in [5.74, 6) is 1.60. The van der Waals surface area contributed by atoms with Crippen LogP contribution in [0.2, 0.25) is 0 Å². The van der Waals surface area contributed by atoms with Gasteiger partial charge >= 0.3 is 0 Å². The Bertz CT molecular complexity index is 2150. The van der Waals surface area contributed by atoms with Crippen molar-refractivity contribution in [3.8, 4) is 11.5 Å². The molecule has 0 spiro atoms. The van der Waals surface area contributed by atoms with Crippen LogP contribution >= 0.6 is 0 Å². The molecule has 438 valence electrons. The van der Waals surface area contributed by atoms with Gasteiger partial charge in [-0.15, -0.1) is 0 Å². The van der Waals surface area contributed by atoms with Gasteiger partial charge in [-0.3, -0.25) is 0 Å². The zero-order chi connectivity index (χ0) is 55.6. The fraction of sp³-hybridized carbons (Fsp3) is 0.849. The number of fused-ring (bicyclic) bond motifs is 5. The van der Waals surface area contributed by atoms with E-state index < -0.39 is 161 Å². The van der Waals surface area contributed by atoms with Gasteiger partial charge in [-0.05, 0) is 110 Å². The first-order chi connectivity index (χ1) is 36.7. The molecule has 77 heavy (non-hydrogen) atoms. The highest BCUT2D eigenvalue weighted by Crippen LogP contribution is 2.70. The summed E-state index contributed by atoms with van der Waals surface area (Å²) in [6.07, 6.45) is -25.3. The third-order valence-electron chi connectivity index (χ3n) is 19.1. The molecule has 7 fully saturated rings. The first kappa shape index (κ1) is 59.3. The molecule has 4 heterocycles. The topological polar surface area (TPSA) is 376 Å². The average molecular weight is 1100 g/mol. The van der Waals surface area contributed by atoms with E-state index in [0.29, 0.717) is 24.3 Å². The molecular weight excluding hydrogens is 1020 g/mol. The van der Waals surface area contributed by atoms with E-state index >= 15 is 0 Å². The number of rotatable bonds is 16. The molecule has 4 aliphatic carbocycles. The highest BCUT2D eigenvalue weighted by molar-refractivity contribution is 5.44. The molecule has 0 bridgehead atoms. The summed E-state index contributed by atoms with van der Waals surface area (Å²) >= 11 is 0. The van der Waals surface area contributed by atoms with Crippen LogP contribution in [0.25, 0.3) is 0 Å². The van der Waals surface area contributed by atoms with Crippen molar-refractivity contribution < 1.29 is 119 Å². The third kappa shape index (κ3) is 10.7. The second-order valence-corrected chi connectivity index (χ2v) is 23.1. The van der Waals surface area contributed by atoms with Gasteiger partial charge in [0.15, 0.2) is 25.2 Å². The Hall–Kier alpha value is -2.32. The van der Waals surface area contributed by atoms with Crippen LogP contribution in [0.5, 0.6) is 11.5 Å². The van der Waals surface area contributed by atoms with Crippen molar-refractivity contribution in [2.24, 2.45) is 34.5 Å². The lowest BCUT2D eigenvalue weighted by Crippen LogP contribution is -2.65. The maximum Gasteiger partial charge on any atom is 0.187 e. The second kappa shape index (κ2) is 23.9. The largest absolute Gasteiger partial charge is 0.497 e. The number of aliphatic hydroxyl groups is 14. The van der Waals surface area contributed by atoms with Crippen molar-refractivity contribution in [3.63, 3.8) is 0 Å². The van der Waals surface area contributed by atoms with Crippen LogP contribution in [-0.2, 0) is 37.9 Å². The van der Waals surface area contributed by atoms with Gasteiger partial charge in [-0.25, -0.2) is 0 Å². The fourth-order valence-electron chi connectivity index (χ4n) is 15.0. The summed E-state index contributed by atoms with van der Waals surface area (Å²) in [5.41, 5.74) is 1.57. The predicted molar refractivity (Wildman–Crippen MR) is 261 cm³/mol. The van der Waals surface area contributed by atoms with Crippen molar-refractivity contribution in [3.05, 3.63) is 35.4 Å². The lowest BCUT2D eigenvalue weighted by Gasteiger charge is -2.58. The molecule has 24 heteroatoms.